The lowest BCUT2D eigenvalue weighted by molar-refractivity contribution is -0.116. The third kappa shape index (κ3) is 5.87. The average molecular weight is 351 g/mol. The maximum Gasteiger partial charge on any atom is 0.387 e. The second-order valence-corrected chi connectivity index (χ2v) is 4.97. The molecule has 132 valence electrons. The van der Waals surface area contributed by atoms with Crippen LogP contribution >= 0.6 is 0 Å². The Morgan fingerprint density at radius 1 is 1.20 bits per heavy atom. The van der Waals surface area contributed by atoms with Gasteiger partial charge in [-0.3, -0.25) is 4.79 Å². The number of methoxy groups -OCH3 is 1. The first-order valence-corrected chi connectivity index (χ1v) is 7.31. The van der Waals surface area contributed by atoms with Crippen LogP contribution in [0.5, 0.6) is 11.5 Å². The van der Waals surface area contributed by atoms with Crippen molar-refractivity contribution in [1.82, 2.24) is 5.32 Å². The van der Waals surface area contributed by atoms with E-state index in [2.05, 4.69) is 10.1 Å². The second-order valence-electron chi connectivity index (χ2n) is 4.97. The molecule has 0 heterocycles. The van der Waals surface area contributed by atoms with Crippen molar-refractivity contribution in [2.45, 2.75) is 13.2 Å². The highest BCUT2D eigenvalue weighted by Crippen LogP contribution is 2.29. The Kier molecular flexibility index (Phi) is 6.45. The third-order valence-electron chi connectivity index (χ3n) is 3.19. The van der Waals surface area contributed by atoms with E-state index >= 15 is 0 Å². The van der Waals surface area contributed by atoms with Gasteiger partial charge in [-0.25, -0.2) is 4.39 Å². The van der Waals surface area contributed by atoms with Crippen molar-refractivity contribution in [3.63, 3.8) is 0 Å². The summed E-state index contributed by atoms with van der Waals surface area (Å²) in [6.07, 6.45) is 2.76. The van der Waals surface area contributed by atoms with Gasteiger partial charge in [0.1, 0.15) is 5.82 Å². The van der Waals surface area contributed by atoms with Crippen molar-refractivity contribution in [3.05, 3.63) is 65.5 Å². The molecular formula is C18H16F3NO3. The molecule has 0 saturated carbocycles. The number of amides is 1. The molecule has 0 saturated heterocycles. The number of carbonyl (C=O) groups is 1. The molecular weight excluding hydrogens is 335 g/mol. The maximum atomic E-state index is 13.0. The third-order valence-corrected chi connectivity index (χ3v) is 3.19. The maximum absolute atomic E-state index is 13.0. The summed E-state index contributed by atoms with van der Waals surface area (Å²) in [6, 6.07) is 10.2. The van der Waals surface area contributed by atoms with Crippen molar-refractivity contribution in [1.29, 1.82) is 0 Å². The Labute approximate surface area is 142 Å². The topological polar surface area (TPSA) is 47.6 Å². The second kappa shape index (κ2) is 8.77. The fourth-order valence-corrected chi connectivity index (χ4v) is 2.05. The molecule has 2 aromatic rings. The number of hydrogen-bond donors (Lipinski definition) is 1. The van der Waals surface area contributed by atoms with E-state index in [1.54, 1.807) is 12.1 Å². The van der Waals surface area contributed by atoms with Crippen LogP contribution in [-0.4, -0.2) is 19.6 Å². The smallest absolute Gasteiger partial charge is 0.387 e. The van der Waals surface area contributed by atoms with E-state index in [-0.39, 0.29) is 29.8 Å². The minimum absolute atomic E-state index is 0.0847. The molecule has 0 unspecified atom stereocenters. The van der Waals surface area contributed by atoms with Crippen molar-refractivity contribution in [3.8, 4) is 11.5 Å². The molecule has 0 aliphatic carbocycles. The van der Waals surface area contributed by atoms with E-state index in [0.717, 1.165) is 0 Å². The van der Waals surface area contributed by atoms with E-state index in [0.29, 0.717) is 11.1 Å². The molecule has 0 aliphatic heterocycles. The highest BCUT2D eigenvalue weighted by molar-refractivity contribution is 5.91. The summed E-state index contributed by atoms with van der Waals surface area (Å²) in [6.45, 7) is -2.79. The number of ether oxygens (including phenoxy) is 2. The Hall–Kier alpha value is -2.96. The predicted molar refractivity (Wildman–Crippen MR) is 86.9 cm³/mol. The van der Waals surface area contributed by atoms with Crippen LogP contribution in [0.25, 0.3) is 6.08 Å². The first-order valence-electron chi connectivity index (χ1n) is 7.31. The van der Waals surface area contributed by atoms with E-state index in [4.69, 9.17) is 4.74 Å². The Bertz CT molecular complexity index is 763. The van der Waals surface area contributed by atoms with Crippen molar-refractivity contribution >= 4 is 12.0 Å². The van der Waals surface area contributed by atoms with Crippen LogP contribution in [0, 0.1) is 5.82 Å². The SMILES string of the molecule is COc1cc(CNC(=O)/C=C/c2cccc(F)c2)ccc1OC(F)F. The fraction of sp³-hybridized carbons (Fsp3) is 0.167. The molecule has 1 amide bonds. The summed E-state index contributed by atoms with van der Waals surface area (Å²) in [7, 11) is 1.33. The largest absolute Gasteiger partial charge is 0.493 e. The molecule has 0 spiro atoms. The molecule has 0 aliphatic rings. The summed E-state index contributed by atoms with van der Waals surface area (Å²) >= 11 is 0. The predicted octanol–water partition coefficient (Wildman–Crippen LogP) is 3.77. The summed E-state index contributed by atoms with van der Waals surface area (Å²) in [5, 5.41) is 2.63. The van der Waals surface area contributed by atoms with Crippen LogP contribution in [0.3, 0.4) is 0 Å². The number of carbonyl (C=O) groups excluding carboxylic acids is 1. The summed E-state index contributed by atoms with van der Waals surface area (Å²) in [5.41, 5.74) is 1.20. The highest BCUT2D eigenvalue weighted by Gasteiger charge is 2.11. The Morgan fingerprint density at radius 2 is 2.00 bits per heavy atom. The zero-order valence-corrected chi connectivity index (χ0v) is 13.3. The van der Waals surface area contributed by atoms with Crippen molar-refractivity contribution in [2.24, 2.45) is 0 Å². The number of nitrogens with one attached hydrogen (secondary N) is 1. The van der Waals surface area contributed by atoms with Gasteiger partial charge in [0.2, 0.25) is 5.91 Å². The van der Waals surface area contributed by atoms with E-state index in [1.807, 2.05) is 0 Å². The van der Waals surface area contributed by atoms with E-state index < -0.39 is 6.61 Å². The molecule has 2 aromatic carbocycles. The van der Waals surface area contributed by atoms with Crippen LogP contribution in [0.2, 0.25) is 0 Å². The Balaban J connectivity index is 1.95. The lowest BCUT2D eigenvalue weighted by atomic mass is 10.2. The zero-order valence-electron chi connectivity index (χ0n) is 13.3. The van der Waals surface area contributed by atoms with Gasteiger partial charge in [0.25, 0.3) is 0 Å². The van der Waals surface area contributed by atoms with Crippen LogP contribution in [-0.2, 0) is 11.3 Å². The summed E-state index contributed by atoms with van der Waals surface area (Å²) in [5.74, 6) is -0.710. The monoisotopic (exact) mass is 351 g/mol. The molecule has 4 nitrogen and oxygen atoms in total. The molecule has 25 heavy (non-hydrogen) atoms. The van der Waals surface area contributed by atoms with Crippen LogP contribution in [0.1, 0.15) is 11.1 Å². The minimum Gasteiger partial charge on any atom is -0.493 e. The lowest BCUT2D eigenvalue weighted by Gasteiger charge is -2.11. The molecule has 0 aromatic heterocycles. The quantitative estimate of drug-likeness (QED) is 0.773. The van der Waals surface area contributed by atoms with Gasteiger partial charge < -0.3 is 14.8 Å². The summed E-state index contributed by atoms with van der Waals surface area (Å²) in [4.78, 5) is 11.8. The average Bonchev–Trinajstić information content (AvgIpc) is 2.58. The zero-order chi connectivity index (χ0) is 18.2. The number of benzene rings is 2. The molecule has 7 heteroatoms. The van der Waals surface area contributed by atoms with Crippen LogP contribution < -0.4 is 14.8 Å². The van der Waals surface area contributed by atoms with Gasteiger partial charge in [-0.1, -0.05) is 18.2 Å². The Morgan fingerprint density at radius 3 is 2.68 bits per heavy atom. The number of halogens is 3. The van der Waals surface area contributed by atoms with Crippen LogP contribution in [0.15, 0.2) is 48.5 Å². The van der Waals surface area contributed by atoms with Gasteiger partial charge in [0, 0.05) is 12.6 Å². The van der Waals surface area contributed by atoms with Crippen molar-refractivity contribution < 1.29 is 27.4 Å². The molecule has 0 atom stereocenters. The van der Waals surface area contributed by atoms with Gasteiger partial charge in [0.15, 0.2) is 11.5 Å². The first kappa shape index (κ1) is 18.4. The van der Waals surface area contributed by atoms with Gasteiger partial charge in [0.05, 0.1) is 7.11 Å². The van der Waals surface area contributed by atoms with Crippen LogP contribution in [0.4, 0.5) is 13.2 Å². The van der Waals surface area contributed by atoms with Crippen molar-refractivity contribution in [2.75, 3.05) is 7.11 Å². The number of alkyl halides is 2. The molecule has 1 N–H and O–H groups in total. The standard InChI is InChI=1S/C18H16F3NO3/c1-24-16-10-13(5-7-15(16)25-18(20)21)11-22-17(23)8-6-12-3-2-4-14(19)9-12/h2-10,18H,11H2,1H3,(H,22,23)/b8-6+. The lowest BCUT2D eigenvalue weighted by Crippen LogP contribution is -2.20. The fourth-order valence-electron chi connectivity index (χ4n) is 2.05. The van der Waals surface area contributed by atoms with Gasteiger partial charge in [-0.05, 0) is 41.5 Å². The molecule has 0 fully saturated rings. The highest BCUT2D eigenvalue weighted by atomic mass is 19.3. The molecule has 0 bridgehead atoms. The minimum atomic E-state index is -2.95. The number of rotatable bonds is 7. The van der Waals surface area contributed by atoms with Gasteiger partial charge >= 0.3 is 6.61 Å². The first-order chi connectivity index (χ1) is 12.0. The van der Waals surface area contributed by atoms with E-state index in [1.165, 1.54) is 49.6 Å². The molecule has 0 radical (unpaired) electrons. The normalized spacial score (nSPS) is 10.9. The van der Waals surface area contributed by atoms with Gasteiger partial charge in [-0.15, -0.1) is 0 Å². The number of hydrogen-bond acceptors (Lipinski definition) is 3. The molecule has 2 rings (SSSR count). The van der Waals surface area contributed by atoms with E-state index in [9.17, 15) is 18.0 Å². The summed E-state index contributed by atoms with van der Waals surface area (Å²) < 4.78 is 46.9. The van der Waals surface area contributed by atoms with Gasteiger partial charge in [-0.2, -0.15) is 8.78 Å².